The van der Waals surface area contributed by atoms with Crippen molar-refractivity contribution in [2.75, 3.05) is 19.6 Å². The molecule has 0 bridgehead atoms. The predicted molar refractivity (Wildman–Crippen MR) is 72.2 cm³/mol. The standard InChI is InChI=1S/C11H16FN3O2S.ClH/c12-10-5-11(8-14-7-10)18(16,17)15-4-2-9-1-3-13-6-9;/h5,7-9,13,15H,1-4,6H2;1H. The van der Waals surface area contributed by atoms with Crippen LogP contribution in [-0.2, 0) is 10.0 Å². The molecule has 108 valence electrons. The molecule has 0 amide bonds. The maximum Gasteiger partial charge on any atom is 0.242 e. The number of rotatable bonds is 5. The lowest BCUT2D eigenvalue weighted by Gasteiger charge is -2.09. The predicted octanol–water partition coefficient (Wildman–Crippen LogP) is 0.920. The number of hydrogen-bond donors (Lipinski definition) is 2. The van der Waals surface area contributed by atoms with Gasteiger partial charge in [-0.2, -0.15) is 0 Å². The fourth-order valence-corrected chi connectivity index (χ4v) is 3.00. The molecular weight excluding hydrogens is 293 g/mol. The van der Waals surface area contributed by atoms with Crippen molar-refractivity contribution in [2.24, 2.45) is 5.92 Å². The Bertz CT molecular complexity index is 506. The van der Waals surface area contributed by atoms with Crippen molar-refractivity contribution in [3.05, 3.63) is 24.3 Å². The fraction of sp³-hybridized carbons (Fsp3) is 0.545. The van der Waals surface area contributed by atoms with E-state index in [-0.39, 0.29) is 17.3 Å². The summed E-state index contributed by atoms with van der Waals surface area (Å²) in [5, 5.41) is 3.22. The normalized spacial score (nSPS) is 19.1. The van der Waals surface area contributed by atoms with Crippen molar-refractivity contribution < 1.29 is 12.8 Å². The summed E-state index contributed by atoms with van der Waals surface area (Å²) in [7, 11) is -3.65. The summed E-state index contributed by atoms with van der Waals surface area (Å²) >= 11 is 0. The van der Waals surface area contributed by atoms with Gasteiger partial charge in [-0.25, -0.2) is 17.5 Å². The minimum Gasteiger partial charge on any atom is -0.316 e. The fourth-order valence-electron chi connectivity index (χ4n) is 1.98. The Labute approximate surface area is 118 Å². The molecule has 1 aliphatic rings. The average molecular weight is 310 g/mol. The Morgan fingerprint density at radius 1 is 1.47 bits per heavy atom. The van der Waals surface area contributed by atoms with Gasteiger partial charge in [0.2, 0.25) is 10.0 Å². The molecule has 2 rings (SSSR count). The molecule has 5 nitrogen and oxygen atoms in total. The summed E-state index contributed by atoms with van der Waals surface area (Å²) in [5.41, 5.74) is 0. The molecule has 2 heterocycles. The third-order valence-corrected chi connectivity index (χ3v) is 4.43. The number of hydrogen-bond acceptors (Lipinski definition) is 4. The monoisotopic (exact) mass is 309 g/mol. The van der Waals surface area contributed by atoms with E-state index in [1.807, 2.05) is 0 Å². The Morgan fingerprint density at radius 2 is 2.26 bits per heavy atom. The first-order valence-corrected chi connectivity index (χ1v) is 7.37. The lowest BCUT2D eigenvalue weighted by molar-refractivity contribution is 0.518. The van der Waals surface area contributed by atoms with Gasteiger partial charge < -0.3 is 5.32 Å². The van der Waals surface area contributed by atoms with Gasteiger partial charge in [0.1, 0.15) is 10.7 Å². The van der Waals surface area contributed by atoms with Crippen molar-refractivity contribution in [3.8, 4) is 0 Å². The molecule has 1 aromatic rings. The molecule has 0 saturated carbocycles. The number of aromatic nitrogens is 1. The summed E-state index contributed by atoms with van der Waals surface area (Å²) in [6.07, 6.45) is 3.98. The molecule has 2 N–H and O–H groups in total. The highest BCUT2D eigenvalue weighted by Crippen LogP contribution is 2.12. The Morgan fingerprint density at radius 3 is 2.89 bits per heavy atom. The molecular formula is C11H17ClFN3O2S. The second-order valence-corrected chi connectivity index (χ2v) is 6.15. The third-order valence-electron chi connectivity index (χ3n) is 3.00. The maximum absolute atomic E-state index is 12.9. The summed E-state index contributed by atoms with van der Waals surface area (Å²) in [6.45, 7) is 2.29. The van der Waals surface area contributed by atoms with Gasteiger partial charge in [0.05, 0.1) is 6.20 Å². The van der Waals surface area contributed by atoms with Crippen LogP contribution in [0.4, 0.5) is 4.39 Å². The molecule has 0 aromatic carbocycles. The van der Waals surface area contributed by atoms with Gasteiger partial charge >= 0.3 is 0 Å². The molecule has 19 heavy (non-hydrogen) atoms. The van der Waals surface area contributed by atoms with Crippen molar-refractivity contribution in [1.82, 2.24) is 15.0 Å². The van der Waals surface area contributed by atoms with Crippen LogP contribution in [0, 0.1) is 11.7 Å². The van der Waals surface area contributed by atoms with E-state index in [2.05, 4.69) is 15.0 Å². The van der Waals surface area contributed by atoms with Gasteiger partial charge in [-0.15, -0.1) is 12.4 Å². The van der Waals surface area contributed by atoms with E-state index in [1.54, 1.807) is 0 Å². The quantitative estimate of drug-likeness (QED) is 0.848. The topological polar surface area (TPSA) is 71.1 Å². The molecule has 1 aliphatic heterocycles. The van der Waals surface area contributed by atoms with E-state index in [0.29, 0.717) is 12.5 Å². The molecule has 1 unspecified atom stereocenters. The number of sulfonamides is 1. The molecule has 1 saturated heterocycles. The van der Waals surface area contributed by atoms with Crippen LogP contribution in [0.2, 0.25) is 0 Å². The second kappa shape index (κ2) is 7.14. The SMILES string of the molecule is Cl.O=S(=O)(NCCC1CCNC1)c1cncc(F)c1. The zero-order valence-electron chi connectivity index (χ0n) is 10.3. The summed E-state index contributed by atoms with van der Waals surface area (Å²) < 4.78 is 39.0. The van der Waals surface area contributed by atoms with E-state index in [1.165, 1.54) is 0 Å². The molecule has 1 fully saturated rings. The van der Waals surface area contributed by atoms with Crippen LogP contribution in [0.3, 0.4) is 0 Å². The van der Waals surface area contributed by atoms with E-state index >= 15 is 0 Å². The van der Waals surface area contributed by atoms with Crippen LogP contribution in [-0.4, -0.2) is 33.0 Å². The number of pyridine rings is 1. The number of halogens is 2. The van der Waals surface area contributed by atoms with Gasteiger partial charge in [-0.3, -0.25) is 4.98 Å². The average Bonchev–Trinajstić information content (AvgIpc) is 2.82. The Balaban J connectivity index is 0.00000180. The third kappa shape index (κ3) is 4.68. The highest BCUT2D eigenvalue weighted by molar-refractivity contribution is 7.89. The molecule has 1 aromatic heterocycles. The minimum atomic E-state index is -3.65. The highest BCUT2D eigenvalue weighted by atomic mass is 35.5. The Hall–Kier alpha value is -0.760. The van der Waals surface area contributed by atoms with E-state index in [0.717, 1.165) is 44.4 Å². The first-order valence-electron chi connectivity index (χ1n) is 5.89. The minimum absolute atomic E-state index is 0. The van der Waals surface area contributed by atoms with Crippen molar-refractivity contribution in [3.63, 3.8) is 0 Å². The van der Waals surface area contributed by atoms with Crippen LogP contribution < -0.4 is 10.0 Å². The van der Waals surface area contributed by atoms with E-state index < -0.39 is 15.8 Å². The zero-order valence-corrected chi connectivity index (χ0v) is 11.9. The van der Waals surface area contributed by atoms with Gasteiger partial charge in [0.25, 0.3) is 0 Å². The van der Waals surface area contributed by atoms with Crippen LogP contribution in [0.1, 0.15) is 12.8 Å². The molecule has 0 radical (unpaired) electrons. The number of nitrogens with one attached hydrogen (secondary N) is 2. The van der Waals surface area contributed by atoms with E-state index in [4.69, 9.17) is 0 Å². The van der Waals surface area contributed by atoms with Crippen molar-refractivity contribution in [2.45, 2.75) is 17.7 Å². The molecule has 1 atom stereocenters. The maximum atomic E-state index is 12.9. The summed E-state index contributed by atoms with van der Waals surface area (Å²) in [5.74, 6) is -0.142. The summed E-state index contributed by atoms with van der Waals surface area (Å²) in [6, 6.07) is 0.965. The van der Waals surface area contributed by atoms with Gasteiger partial charge in [0.15, 0.2) is 0 Å². The lowest BCUT2D eigenvalue weighted by atomic mass is 10.1. The summed E-state index contributed by atoms with van der Waals surface area (Å²) in [4.78, 5) is 3.40. The number of nitrogens with zero attached hydrogens (tertiary/aromatic N) is 1. The van der Waals surface area contributed by atoms with Gasteiger partial charge in [-0.05, 0) is 37.9 Å². The van der Waals surface area contributed by atoms with Crippen LogP contribution in [0.25, 0.3) is 0 Å². The first-order chi connectivity index (χ1) is 8.58. The van der Waals surface area contributed by atoms with Crippen LogP contribution >= 0.6 is 12.4 Å². The lowest BCUT2D eigenvalue weighted by Crippen LogP contribution is -2.26. The highest BCUT2D eigenvalue weighted by Gasteiger charge is 2.18. The van der Waals surface area contributed by atoms with Crippen LogP contribution in [0.15, 0.2) is 23.4 Å². The van der Waals surface area contributed by atoms with Crippen molar-refractivity contribution in [1.29, 1.82) is 0 Å². The molecule has 8 heteroatoms. The zero-order chi connectivity index (χ0) is 13.0. The van der Waals surface area contributed by atoms with Gasteiger partial charge in [-0.1, -0.05) is 0 Å². The largest absolute Gasteiger partial charge is 0.316 e. The van der Waals surface area contributed by atoms with Crippen molar-refractivity contribution >= 4 is 22.4 Å². The molecule has 0 aliphatic carbocycles. The van der Waals surface area contributed by atoms with Gasteiger partial charge in [0, 0.05) is 12.7 Å². The first kappa shape index (κ1) is 16.3. The van der Waals surface area contributed by atoms with Crippen LogP contribution in [0.5, 0.6) is 0 Å². The smallest absolute Gasteiger partial charge is 0.242 e. The Kier molecular flexibility index (Phi) is 6.12. The van der Waals surface area contributed by atoms with E-state index in [9.17, 15) is 12.8 Å². The molecule has 0 spiro atoms. The second-order valence-electron chi connectivity index (χ2n) is 4.38.